The first kappa shape index (κ1) is 20.6. The zero-order valence-electron chi connectivity index (χ0n) is 14.9. The summed E-state index contributed by atoms with van der Waals surface area (Å²) in [4.78, 5) is 16.9. The van der Waals surface area contributed by atoms with Gasteiger partial charge in [-0.2, -0.15) is 5.10 Å². The summed E-state index contributed by atoms with van der Waals surface area (Å²) in [6.07, 6.45) is 3.09. The lowest BCUT2D eigenvalue weighted by Crippen LogP contribution is -2.26. The Bertz CT molecular complexity index is 1220. The van der Waals surface area contributed by atoms with Crippen LogP contribution >= 0.6 is 43.5 Å². The van der Waals surface area contributed by atoms with Crippen molar-refractivity contribution in [3.8, 4) is 11.5 Å². The molecular weight excluding hydrogens is 545 g/mol. The number of rotatable bonds is 5. The minimum atomic E-state index is -0.453. The number of aromatic nitrogens is 6. The molecule has 1 amide bonds. The number of hydrogen-bond acceptors (Lipinski definition) is 5. The standard InChI is InChI=1S/C18H11Br2ClFN7O/c19-11-3-1-5-13(22)16(11)28-9-10(25-27-28)8-24-18(30)14-7-15(20)26-29(14)17-12(21)4-2-6-23-17/h1-7,9H,8H2,(H,24,30). The van der Waals surface area contributed by atoms with E-state index in [1.807, 2.05) is 0 Å². The molecule has 8 nitrogen and oxygen atoms in total. The number of hydrogen-bond donors (Lipinski definition) is 1. The van der Waals surface area contributed by atoms with E-state index in [9.17, 15) is 9.18 Å². The van der Waals surface area contributed by atoms with Gasteiger partial charge in [0.25, 0.3) is 5.91 Å². The lowest BCUT2D eigenvalue weighted by molar-refractivity contribution is 0.0942. The Morgan fingerprint density at radius 3 is 2.83 bits per heavy atom. The zero-order chi connectivity index (χ0) is 21.3. The summed E-state index contributed by atoms with van der Waals surface area (Å²) in [6.45, 7) is 0.0731. The maximum atomic E-state index is 14.1. The molecule has 0 aliphatic heterocycles. The van der Waals surface area contributed by atoms with Crippen LogP contribution in [-0.4, -0.2) is 35.7 Å². The summed E-state index contributed by atoms with van der Waals surface area (Å²) < 4.78 is 17.7. The first-order valence-corrected chi connectivity index (χ1v) is 10.4. The normalized spacial score (nSPS) is 10.9. The van der Waals surface area contributed by atoms with Crippen LogP contribution in [0.4, 0.5) is 4.39 Å². The van der Waals surface area contributed by atoms with Gasteiger partial charge in [-0.15, -0.1) is 5.10 Å². The maximum absolute atomic E-state index is 14.1. The van der Waals surface area contributed by atoms with Crippen LogP contribution in [0, 0.1) is 5.82 Å². The van der Waals surface area contributed by atoms with E-state index < -0.39 is 11.7 Å². The second kappa shape index (κ2) is 8.62. The first-order chi connectivity index (χ1) is 14.4. The molecule has 12 heteroatoms. The van der Waals surface area contributed by atoms with Gasteiger partial charge in [0.1, 0.15) is 27.5 Å². The van der Waals surface area contributed by atoms with Gasteiger partial charge in [-0.1, -0.05) is 22.9 Å². The van der Waals surface area contributed by atoms with Crippen LogP contribution in [0.25, 0.3) is 11.5 Å². The van der Waals surface area contributed by atoms with Gasteiger partial charge in [0.15, 0.2) is 5.82 Å². The van der Waals surface area contributed by atoms with E-state index in [-0.39, 0.29) is 17.9 Å². The second-order valence-corrected chi connectivity index (χ2v) is 8.05. The Balaban J connectivity index is 1.53. The zero-order valence-corrected chi connectivity index (χ0v) is 18.9. The minimum Gasteiger partial charge on any atom is -0.345 e. The predicted octanol–water partition coefficient (Wildman–Crippen LogP) is 4.10. The minimum absolute atomic E-state index is 0.0731. The van der Waals surface area contributed by atoms with Crippen molar-refractivity contribution in [3.63, 3.8) is 0 Å². The third-order valence-corrected chi connectivity index (χ3v) is 5.31. The van der Waals surface area contributed by atoms with Gasteiger partial charge in [-0.25, -0.2) is 18.7 Å². The monoisotopic (exact) mass is 553 g/mol. The smallest absolute Gasteiger partial charge is 0.270 e. The Morgan fingerprint density at radius 2 is 2.07 bits per heavy atom. The van der Waals surface area contributed by atoms with Gasteiger partial charge >= 0.3 is 0 Å². The summed E-state index contributed by atoms with van der Waals surface area (Å²) in [5, 5.41) is 15.2. The molecule has 0 atom stereocenters. The number of para-hydroxylation sites is 1. The van der Waals surface area contributed by atoms with Crippen molar-refractivity contribution >= 4 is 49.4 Å². The highest BCUT2D eigenvalue weighted by Crippen LogP contribution is 2.23. The number of carbonyl (C=O) groups excluding carboxylic acids is 1. The number of carbonyl (C=O) groups is 1. The first-order valence-electron chi connectivity index (χ1n) is 8.44. The molecule has 0 spiro atoms. The highest BCUT2D eigenvalue weighted by molar-refractivity contribution is 9.10. The SMILES string of the molecule is O=C(NCc1cn(-c2c(F)cccc2Br)nn1)c1cc(Br)nn1-c1ncccc1Cl. The highest BCUT2D eigenvalue weighted by atomic mass is 79.9. The lowest BCUT2D eigenvalue weighted by atomic mass is 10.3. The van der Waals surface area contributed by atoms with Crippen molar-refractivity contribution in [3.05, 3.63) is 80.1 Å². The maximum Gasteiger partial charge on any atom is 0.270 e. The molecule has 0 unspecified atom stereocenters. The summed E-state index contributed by atoms with van der Waals surface area (Å²) in [5.74, 6) is -0.548. The Morgan fingerprint density at radius 1 is 1.23 bits per heavy atom. The third kappa shape index (κ3) is 4.13. The molecule has 0 saturated carbocycles. The van der Waals surface area contributed by atoms with Crippen molar-refractivity contribution in [2.45, 2.75) is 6.54 Å². The Hall–Kier alpha value is -2.63. The van der Waals surface area contributed by atoms with Crippen molar-refractivity contribution in [2.75, 3.05) is 0 Å². The van der Waals surface area contributed by atoms with Crippen LogP contribution in [-0.2, 0) is 6.54 Å². The number of pyridine rings is 1. The Labute approximate surface area is 191 Å². The molecule has 152 valence electrons. The average molecular weight is 556 g/mol. The third-order valence-electron chi connectivity index (χ3n) is 3.99. The molecule has 1 N–H and O–H groups in total. The molecule has 3 heterocycles. The fourth-order valence-electron chi connectivity index (χ4n) is 2.67. The molecule has 0 aliphatic carbocycles. The van der Waals surface area contributed by atoms with Crippen LogP contribution in [0.5, 0.6) is 0 Å². The van der Waals surface area contributed by atoms with Gasteiger partial charge in [-0.3, -0.25) is 4.79 Å². The van der Waals surface area contributed by atoms with E-state index in [1.165, 1.54) is 21.6 Å². The average Bonchev–Trinajstić information content (AvgIpc) is 3.33. The number of amides is 1. The molecule has 4 aromatic rings. The van der Waals surface area contributed by atoms with Crippen molar-refractivity contribution < 1.29 is 9.18 Å². The van der Waals surface area contributed by atoms with Gasteiger partial charge in [0.05, 0.1) is 17.8 Å². The van der Waals surface area contributed by atoms with Crippen molar-refractivity contribution in [2.24, 2.45) is 0 Å². The molecule has 0 fully saturated rings. The van der Waals surface area contributed by atoms with Crippen LogP contribution in [0.3, 0.4) is 0 Å². The second-order valence-electron chi connectivity index (χ2n) is 5.98. The molecule has 0 saturated heterocycles. The summed E-state index contributed by atoms with van der Waals surface area (Å²) in [7, 11) is 0. The molecule has 1 aromatic carbocycles. The van der Waals surface area contributed by atoms with Crippen LogP contribution in [0.15, 0.2) is 57.9 Å². The van der Waals surface area contributed by atoms with Gasteiger partial charge in [-0.05, 0) is 56.1 Å². The van der Waals surface area contributed by atoms with Gasteiger partial charge in [0, 0.05) is 16.7 Å². The summed E-state index contributed by atoms with van der Waals surface area (Å²) in [6, 6.07) is 9.49. The molecule has 4 rings (SSSR count). The van der Waals surface area contributed by atoms with E-state index in [4.69, 9.17) is 11.6 Å². The van der Waals surface area contributed by atoms with E-state index in [0.717, 1.165) is 0 Å². The van der Waals surface area contributed by atoms with E-state index in [1.54, 1.807) is 36.5 Å². The van der Waals surface area contributed by atoms with E-state index in [0.29, 0.717) is 25.6 Å². The number of benzene rings is 1. The topological polar surface area (TPSA) is 90.5 Å². The predicted molar refractivity (Wildman–Crippen MR) is 114 cm³/mol. The van der Waals surface area contributed by atoms with Crippen molar-refractivity contribution in [1.29, 1.82) is 0 Å². The quantitative estimate of drug-likeness (QED) is 0.401. The molecule has 0 bridgehead atoms. The molecule has 30 heavy (non-hydrogen) atoms. The summed E-state index contributed by atoms with van der Waals surface area (Å²) in [5.41, 5.74) is 0.903. The Kier molecular flexibility index (Phi) is 5.93. The number of nitrogens with one attached hydrogen (secondary N) is 1. The largest absolute Gasteiger partial charge is 0.345 e. The molecule has 0 aliphatic rings. The van der Waals surface area contributed by atoms with Crippen LogP contribution in [0.2, 0.25) is 5.02 Å². The van der Waals surface area contributed by atoms with Crippen molar-refractivity contribution in [1.82, 2.24) is 35.1 Å². The molecule has 3 aromatic heterocycles. The van der Waals surface area contributed by atoms with Crippen LogP contribution < -0.4 is 5.32 Å². The lowest BCUT2D eigenvalue weighted by Gasteiger charge is -2.08. The fraction of sp³-hybridized carbons (Fsp3) is 0.0556. The highest BCUT2D eigenvalue weighted by Gasteiger charge is 2.19. The van der Waals surface area contributed by atoms with E-state index >= 15 is 0 Å². The number of halogens is 4. The number of nitrogens with zero attached hydrogens (tertiary/aromatic N) is 6. The fourth-order valence-corrected chi connectivity index (χ4v) is 3.77. The van der Waals surface area contributed by atoms with Gasteiger partial charge < -0.3 is 5.32 Å². The van der Waals surface area contributed by atoms with E-state index in [2.05, 4.69) is 57.6 Å². The molecular formula is C18H11Br2ClFN7O. The summed E-state index contributed by atoms with van der Waals surface area (Å²) >= 11 is 12.7. The molecule has 0 radical (unpaired) electrons. The van der Waals surface area contributed by atoms with Gasteiger partial charge in [0.2, 0.25) is 0 Å². The van der Waals surface area contributed by atoms with Crippen LogP contribution in [0.1, 0.15) is 16.2 Å².